The summed E-state index contributed by atoms with van der Waals surface area (Å²) in [4.78, 5) is 11.9. The van der Waals surface area contributed by atoms with Gasteiger partial charge in [0.2, 0.25) is 5.91 Å². The van der Waals surface area contributed by atoms with Gasteiger partial charge in [0.15, 0.2) is 0 Å². The number of halogens is 2. The molecule has 17 heavy (non-hydrogen) atoms. The molecular formula is C12H14BrFN2O. The average molecular weight is 301 g/mol. The van der Waals surface area contributed by atoms with Gasteiger partial charge in [0.05, 0.1) is 11.7 Å². The molecule has 2 rings (SSSR count). The smallest absolute Gasteiger partial charge is 0.241 e. The van der Waals surface area contributed by atoms with Crippen molar-refractivity contribution in [3.05, 3.63) is 28.5 Å². The van der Waals surface area contributed by atoms with Crippen LogP contribution in [0.15, 0.2) is 22.7 Å². The molecule has 1 fully saturated rings. The quantitative estimate of drug-likeness (QED) is 0.882. The maximum Gasteiger partial charge on any atom is 0.241 e. The Labute approximate surface area is 108 Å². The number of anilines is 1. The van der Waals surface area contributed by atoms with Gasteiger partial charge in [-0.05, 0) is 53.5 Å². The number of hydrogen-bond acceptors (Lipinski definition) is 2. The molecule has 0 aliphatic carbocycles. The lowest BCUT2D eigenvalue weighted by atomic mass is 10.0. The molecule has 1 aromatic rings. The number of amides is 1. The van der Waals surface area contributed by atoms with Gasteiger partial charge in [-0.15, -0.1) is 0 Å². The summed E-state index contributed by atoms with van der Waals surface area (Å²) in [6.45, 7) is 0.878. The van der Waals surface area contributed by atoms with Crippen molar-refractivity contribution in [1.29, 1.82) is 0 Å². The van der Waals surface area contributed by atoms with Gasteiger partial charge < -0.3 is 10.6 Å². The molecule has 3 nitrogen and oxygen atoms in total. The van der Waals surface area contributed by atoms with Gasteiger partial charge in [0, 0.05) is 4.47 Å². The van der Waals surface area contributed by atoms with Crippen molar-refractivity contribution in [2.75, 3.05) is 11.9 Å². The van der Waals surface area contributed by atoms with E-state index in [1.54, 1.807) is 6.07 Å². The van der Waals surface area contributed by atoms with Gasteiger partial charge in [-0.1, -0.05) is 6.42 Å². The van der Waals surface area contributed by atoms with E-state index in [1.807, 2.05) is 0 Å². The van der Waals surface area contributed by atoms with Crippen molar-refractivity contribution in [3.63, 3.8) is 0 Å². The Morgan fingerprint density at radius 3 is 2.94 bits per heavy atom. The van der Waals surface area contributed by atoms with E-state index in [9.17, 15) is 9.18 Å². The van der Waals surface area contributed by atoms with Crippen LogP contribution in [0.4, 0.5) is 10.1 Å². The number of benzene rings is 1. The van der Waals surface area contributed by atoms with Gasteiger partial charge in [-0.25, -0.2) is 4.39 Å². The fourth-order valence-electron chi connectivity index (χ4n) is 1.89. The first-order valence-corrected chi connectivity index (χ1v) is 6.45. The van der Waals surface area contributed by atoms with Crippen LogP contribution in [0.25, 0.3) is 0 Å². The van der Waals surface area contributed by atoms with Crippen LogP contribution in [-0.4, -0.2) is 18.5 Å². The third-order valence-electron chi connectivity index (χ3n) is 2.82. The number of hydrogen-bond donors (Lipinski definition) is 2. The number of carbonyl (C=O) groups is 1. The van der Waals surface area contributed by atoms with Crippen LogP contribution in [0.2, 0.25) is 0 Å². The lowest BCUT2D eigenvalue weighted by molar-refractivity contribution is -0.118. The SMILES string of the molecule is O=C(Nc1ccc(F)cc1Br)C1CCCCN1. The molecule has 1 atom stereocenters. The first-order valence-electron chi connectivity index (χ1n) is 5.66. The van der Waals surface area contributed by atoms with Crippen LogP contribution in [0.1, 0.15) is 19.3 Å². The second kappa shape index (κ2) is 5.60. The Bertz CT molecular complexity index is 419. The maximum atomic E-state index is 12.9. The molecule has 0 aromatic heterocycles. The Morgan fingerprint density at radius 2 is 2.29 bits per heavy atom. The Hall–Kier alpha value is -0.940. The number of rotatable bonds is 2. The van der Waals surface area contributed by atoms with Crippen LogP contribution in [0.5, 0.6) is 0 Å². The molecule has 1 aliphatic rings. The molecule has 1 unspecified atom stereocenters. The summed E-state index contributed by atoms with van der Waals surface area (Å²) < 4.78 is 13.4. The van der Waals surface area contributed by atoms with Crippen LogP contribution in [0, 0.1) is 5.82 Å². The molecular weight excluding hydrogens is 287 g/mol. The molecule has 0 spiro atoms. The molecule has 0 saturated carbocycles. The highest BCUT2D eigenvalue weighted by Gasteiger charge is 2.20. The molecule has 5 heteroatoms. The second-order valence-corrected chi connectivity index (χ2v) is 4.97. The van der Waals surface area contributed by atoms with E-state index in [4.69, 9.17) is 0 Å². The highest BCUT2D eigenvalue weighted by Crippen LogP contribution is 2.23. The van der Waals surface area contributed by atoms with Crippen molar-refractivity contribution in [1.82, 2.24) is 5.32 Å². The van der Waals surface area contributed by atoms with E-state index in [0.717, 1.165) is 25.8 Å². The Morgan fingerprint density at radius 1 is 1.47 bits per heavy atom. The van der Waals surface area contributed by atoms with Crippen molar-refractivity contribution >= 4 is 27.5 Å². The summed E-state index contributed by atoms with van der Waals surface area (Å²) in [5.74, 6) is -0.386. The molecule has 1 amide bonds. The Kier molecular flexibility index (Phi) is 4.12. The van der Waals surface area contributed by atoms with Crippen molar-refractivity contribution in [2.45, 2.75) is 25.3 Å². The monoisotopic (exact) mass is 300 g/mol. The fourth-order valence-corrected chi connectivity index (χ4v) is 2.34. The van der Waals surface area contributed by atoms with Crippen LogP contribution >= 0.6 is 15.9 Å². The highest BCUT2D eigenvalue weighted by molar-refractivity contribution is 9.10. The van der Waals surface area contributed by atoms with E-state index < -0.39 is 0 Å². The maximum absolute atomic E-state index is 12.9. The fraction of sp³-hybridized carbons (Fsp3) is 0.417. The van der Waals surface area contributed by atoms with Gasteiger partial charge in [0.1, 0.15) is 5.82 Å². The normalized spacial score (nSPS) is 20.0. The summed E-state index contributed by atoms with van der Waals surface area (Å²) in [7, 11) is 0. The molecule has 1 aliphatic heterocycles. The summed E-state index contributed by atoms with van der Waals surface area (Å²) >= 11 is 3.22. The van der Waals surface area contributed by atoms with E-state index >= 15 is 0 Å². The second-order valence-electron chi connectivity index (χ2n) is 4.12. The van der Waals surface area contributed by atoms with Crippen LogP contribution < -0.4 is 10.6 Å². The Balaban J connectivity index is 2.02. The van der Waals surface area contributed by atoms with Gasteiger partial charge in [-0.3, -0.25) is 4.79 Å². The molecule has 1 saturated heterocycles. The summed E-state index contributed by atoms with van der Waals surface area (Å²) in [6.07, 6.45) is 3.03. The van der Waals surface area contributed by atoms with Gasteiger partial charge >= 0.3 is 0 Å². The third-order valence-corrected chi connectivity index (χ3v) is 3.47. The number of nitrogens with one attached hydrogen (secondary N) is 2. The summed E-state index contributed by atoms with van der Waals surface area (Å²) in [6, 6.07) is 4.08. The molecule has 0 bridgehead atoms. The first kappa shape index (κ1) is 12.5. The lowest BCUT2D eigenvalue weighted by Crippen LogP contribution is -2.43. The van der Waals surface area contributed by atoms with Crippen molar-refractivity contribution < 1.29 is 9.18 Å². The van der Waals surface area contributed by atoms with Crippen LogP contribution in [-0.2, 0) is 4.79 Å². The molecule has 92 valence electrons. The van der Waals surface area contributed by atoms with E-state index in [0.29, 0.717) is 10.2 Å². The van der Waals surface area contributed by atoms with Crippen LogP contribution in [0.3, 0.4) is 0 Å². The molecule has 0 radical (unpaired) electrons. The first-order chi connectivity index (χ1) is 8.16. The molecule has 1 aromatic carbocycles. The molecule has 1 heterocycles. The predicted octanol–water partition coefficient (Wildman–Crippen LogP) is 2.67. The largest absolute Gasteiger partial charge is 0.324 e. The zero-order valence-electron chi connectivity index (χ0n) is 9.30. The number of carbonyl (C=O) groups excluding carboxylic acids is 1. The third kappa shape index (κ3) is 3.26. The standard InChI is InChI=1S/C12H14BrFN2O/c13-9-7-8(14)4-5-10(9)16-12(17)11-3-1-2-6-15-11/h4-5,7,11,15H,1-3,6H2,(H,16,17). The van der Waals surface area contributed by atoms with Gasteiger partial charge in [-0.2, -0.15) is 0 Å². The summed E-state index contributed by atoms with van der Waals surface area (Å²) in [5.41, 5.74) is 0.601. The predicted molar refractivity (Wildman–Crippen MR) is 68.4 cm³/mol. The van der Waals surface area contributed by atoms with Gasteiger partial charge in [0.25, 0.3) is 0 Å². The zero-order chi connectivity index (χ0) is 12.3. The average Bonchev–Trinajstić information content (AvgIpc) is 2.34. The topological polar surface area (TPSA) is 41.1 Å². The minimum Gasteiger partial charge on any atom is -0.324 e. The minimum atomic E-state index is -0.328. The lowest BCUT2D eigenvalue weighted by Gasteiger charge is -2.22. The summed E-state index contributed by atoms with van der Waals surface area (Å²) in [5, 5.41) is 5.96. The molecule has 2 N–H and O–H groups in total. The zero-order valence-corrected chi connectivity index (χ0v) is 10.9. The van der Waals surface area contributed by atoms with E-state index in [1.165, 1.54) is 12.1 Å². The number of piperidine rings is 1. The van der Waals surface area contributed by atoms with E-state index in [2.05, 4.69) is 26.6 Å². The highest BCUT2D eigenvalue weighted by atomic mass is 79.9. The van der Waals surface area contributed by atoms with E-state index in [-0.39, 0.29) is 17.8 Å². The van der Waals surface area contributed by atoms with Crippen molar-refractivity contribution in [3.8, 4) is 0 Å². The minimum absolute atomic E-state index is 0.0583. The van der Waals surface area contributed by atoms with Crippen molar-refractivity contribution in [2.24, 2.45) is 0 Å².